The van der Waals surface area contributed by atoms with E-state index in [1.54, 1.807) is 7.05 Å². The Morgan fingerprint density at radius 3 is 2.84 bits per heavy atom. The van der Waals surface area contributed by atoms with Gasteiger partial charge in [0.25, 0.3) is 0 Å². The molecule has 0 fully saturated rings. The molecule has 6 heteroatoms. The molecular formula is C19H27N5O. The number of hydrogen-bond donors (Lipinski definition) is 2. The largest absolute Gasteiger partial charge is 0.444 e. The SMILES string of the molecule is CN=C(NCCN1c2ccccc2CC1C)NCc1nc(C)c(C)o1. The molecule has 2 aromatic rings. The van der Waals surface area contributed by atoms with Crippen LogP contribution in [-0.2, 0) is 13.0 Å². The number of aliphatic imine (C=N–C) groups is 1. The van der Waals surface area contributed by atoms with Crippen molar-refractivity contribution in [2.45, 2.75) is 39.8 Å². The zero-order valence-corrected chi connectivity index (χ0v) is 15.5. The smallest absolute Gasteiger partial charge is 0.214 e. The third-order valence-corrected chi connectivity index (χ3v) is 4.70. The zero-order chi connectivity index (χ0) is 17.8. The van der Waals surface area contributed by atoms with E-state index in [1.165, 1.54) is 11.3 Å². The van der Waals surface area contributed by atoms with Crippen LogP contribution in [0.15, 0.2) is 33.7 Å². The molecule has 0 aliphatic carbocycles. The second kappa shape index (κ2) is 7.59. The first-order chi connectivity index (χ1) is 12.1. The summed E-state index contributed by atoms with van der Waals surface area (Å²) in [5, 5.41) is 6.61. The Morgan fingerprint density at radius 2 is 2.12 bits per heavy atom. The molecule has 1 aliphatic rings. The van der Waals surface area contributed by atoms with Gasteiger partial charge in [0.2, 0.25) is 5.89 Å². The van der Waals surface area contributed by atoms with Crippen LogP contribution >= 0.6 is 0 Å². The third-order valence-electron chi connectivity index (χ3n) is 4.70. The minimum atomic E-state index is 0.525. The summed E-state index contributed by atoms with van der Waals surface area (Å²) in [4.78, 5) is 11.1. The summed E-state index contributed by atoms with van der Waals surface area (Å²) < 4.78 is 5.58. The average molecular weight is 341 g/mol. The molecule has 0 amide bonds. The fourth-order valence-electron chi connectivity index (χ4n) is 3.26. The number of oxazole rings is 1. The summed E-state index contributed by atoms with van der Waals surface area (Å²) >= 11 is 0. The van der Waals surface area contributed by atoms with E-state index in [1.807, 2.05) is 13.8 Å². The highest BCUT2D eigenvalue weighted by Crippen LogP contribution is 2.31. The van der Waals surface area contributed by atoms with Gasteiger partial charge in [-0.2, -0.15) is 0 Å². The van der Waals surface area contributed by atoms with Crippen LogP contribution < -0.4 is 15.5 Å². The molecule has 0 saturated carbocycles. The lowest BCUT2D eigenvalue weighted by Gasteiger charge is -2.25. The quantitative estimate of drug-likeness (QED) is 0.646. The normalized spacial score (nSPS) is 16.9. The van der Waals surface area contributed by atoms with E-state index < -0.39 is 0 Å². The van der Waals surface area contributed by atoms with Crippen molar-refractivity contribution in [3.63, 3.8) is 0 Å². The summed E-state index contributed by atoms with van der Waals surface area (Å²) in [6, 6.07) is 9.19. The van der Waals surface area contributed by atoms with Crippen molar-refractivity contribution in [2.75, 3.05) is 25.0 Å². The van der Waals surface area contributed by atoms with Gasteiger partial charge in [-0.15, -0.1) is 0 Å². The van der Waals surface area contributed by atoms with Crippen molar-refractivity contribution in [1.82, 2.24) is 15.6 Å². The Bertz CT molecular complexity index is 733. The maximum atomic E-state index is 5.58. The van der Waals surface area contributed by atoms with Gasteiger partial charge in [0.15, 0.2) is 5.96 Å². The summed E-state index contributed by atoms with van der Waals surface area (Å²) in [6.07, 6.45) is 1.12. The molecule has 25 heavy (non-hydrogen) atoms. The maximum Gasteiger partial charge on any atom is 0.214 e. The number of aryl methyl sites for hydroxylation is 2. The van der Waals surface area contributed by atoms with Gasteiger partial charge in [-0.25, -0.2) is 4.98 Å². The van der Waals surface area contributed by atoms with Crippen molar-refractivity contribution in [2.24, 2.45) is 4.99 Å². The molecule has 1 atom stereocenters. The Balaban J connectivity index is 1.49. The second-order valence-electron chi connectivity index (χ2n) is 6.48. The Morgan fingerprint density at radius 1 is 1.32 bits per heavy atom. The van der Waals surface area contributed by atoms with E-state index in [2.05, 4.69) is 56.7 Å². The molecule has 2 heterocycles. The summed E-state index contributed by atoms with van der Waals surface area (Å²) in [6.45, 7) is 8.44. The van der Waals surface area contributed by atoms with Crippen LogP contribution in [0.1, 0.15) is 29.8 Å². The molecule has 1 aromatic carbocycles. The molecule has 2 N–H and O–H groups in total. The maximum absolute atomic E-state index is 5.58. The number of nitrogens with one attached hydrogen (secondary N) is 2. The first kappa shape index (κ1) is 17.3. The van der Waals surface area contributed by atoms with E-state index in [0.717, 1.165) is 36.9 Å². The molecule has 1 unspecified atom stereocenters. The van der Waals surface area contributed by atoms with Gasteiger partial charge >= 0.3 is 0 Å². The molecule has 0 spiro atoms. The lowest BCUT2D eigenvalue weighted by atomic mass is 10.1. The van der Waals surface area contributed by atoms with Crippen molar-refractivity contribution in [1.29, 1.82) is 0 Å². The van der Waals surface area contributed by atoms with E-state index in [9.17, 15) is 0 Å². The average Bonchev–Trinajstić information content (AvgIpc) is 3.09. The number of guanidine groups is 1. The fraction of sp³-hybridized carbons (Fsp3) is 0.474. The monoisotopic (exact) mass is 341 g/mol. The molecular weight excluding hydrogens is 314 g/mol. The number of benzene rings is 1. The van der Waals surface area contributed by atoms with E-state index in [4.69, 9.17) is 4.42 Å². The van der Waals surface area contributed by atoms with Crippen molar-refractivity contribution in [3.8, 4) is 0 Å². The molecule has 1 aliphatic heterocycles. The number of nitrogens with zero attached hydrogens (tertiary/aromatic N) is 3. The van der Waals surface area contributed by atoms with Gasteiger partial charge in [-0.1, -0.05) is 18.2 Å². The highest BCUT2D eigenvalue weighted by atomic mass is 16.4. The van der Waals surface area contributed by atoms with Crippen LogP contribution in [0.25, 0.3) is 0 Å². The van der Waals surface area contributed by atoms with Crippen LogP contribution in [0.4, 0.5) is 5.69 Å². The molecule has 0 bridgehead atoms. The highest BCUT2D eigenvalue weighted by molar-refractivity contribution is 5.79. The minimum absolute atomic E-state index is 0.525. The molecule has 134 valence electrons. The number of para-hydroxylation sites is 1. The Kier molecular flexibility index (Phi) is 5.26. The highest BCUT2D eigenvalue weighted by Gasteiger charge is 2.24. The first-order valence-electron chi connectivity index (χ1n) is 8.80. The third kappa shape index (κ3) is 3.95. The second-order valence-corrected chi connectivity index (χ2v) is 6.48. The first-order valence-corrected chi connectivity index (χ1v) is 8.80. The van der Waals surface area contributed by atoms with Gasteiger partial charge in [-0.3, -0.25) is 4.99 Å². The summed E-state index contributed by atoms with van der Waals surface area (Å²) in [7, 11) is 1.77. The molecule has 0 radical (unpaired) electrons. The van der Waals surface area contributed by atoms with Gasteiger partial charge in [0.1, 0.15) is 5.76 Å². The van der Waals surface area contributed by atoms with Gasteiger partial charge in [0.05, 0.1) is 12.2 Å². The summed E-state index contributed by atoms with van der Waals surface area (Å²) in [5.74, 6) is 2.30. The topological polar surface area (TPSA) is 65.7 Å². The van der Waals surface area contributed by atoms with E-state index in [-0.39, 0.29) is 0 Å². The number of anilines is 1. The molecule has 0 saturated heterocycles. The predicted molar refractivity (Wildman–Crippen MR) is 101 cm³/mol. The van der Waals surface area contributed by atoms with Crippen molar-refractivity contribution in [3.05, 3.63) is 47.2 Å². The summed E-state index contributed by atoms with van der Waals surface area (Å²) in [5.41, 5.74) is 3.72. The van der Waals surface area contributed by atoms with Gasteiger partial charge < -0.3 is 20.0 Å². The number of hydrogen-bond acceptors (Lipinski definition) is 4. The predicted octanol–water partition coefficient (Wildman–Crippen LogP) is 2.41. The lowest BCUT2D eigenvalue weighted by molar-refractivity contribution is 0.463. The van der Waals surface area contributed by atoms with Crippen LogP contribution in [0.2, 0.25) is 0 Å². The van der Waals surface area contributed by atoms with Crippen molar-refractivity contribution >= 4 is 11.6 Å². The Hall–Kier alpha value is -2.50. The Labute approximate surface area is 149 Å². The van der Waals surface area contributed by atoms with E-state index in [0.29, 0.717) is 18.5 Å². The fourth-order valence-corrected chi connectivity index (χ4v) is 3.26. The van der Waals surface area contributed by atoms with Crippen LogP contribution in [0.3, 0.4) is 0 Å². The van der Waals surface area contributed by atoms with Crippen LogP contribution in [-0.4, -0.2) is 37.1 Å². The molecule has 1 aromatic heterocycles. The van der Waals surface area contributed by atoms with Gasteiger partial charge in [0, 0.05) is 31.9 Å². The van der Waals surface area contributed by atoms with Crippen LogP contribution in [0.5, 0.6) is 0 Å². The number of fused-ring (bicyclic) bond motifs is 1. The zero-order valence-electron chi connectivity index (χ0n) is 15.5. The van der Waals surface area contributed by atoms with Crippen LogP contribution in [0, 0.1) is 13.8 Å². The molecule has 6 nitrogen and oxygen atoms in total. The van der Waals surface area contributed by atoms with E-state index >= 15 is 0 Å². The van der Waals surface area contributed by atoms with Crippen molar-refractivity contribution < 1.29 is 4.42 Å². The molecule has 3 rings (SSSR count). The number of aromatic nitrogens is 1. The number of rotatable bonds is 5. The minimum Gasteiger partial charge on any atom is -0.444 e. The lowest BCUT2D eigenvalue weighted by Crippen LogP contribution is -2.42. The standard InChI is InChI=1S/C19H27N5O/c1-13-11-16-7-5-6-8-17(16)24(13)10-9-21-19(20-4)22-12-18-23-14(2)15(3)25-18/h5-8,13H,9-12H2,1-4H3,(H2,20,21,22). The van der Waals surface area contributed by atoms with Gasteiger partial charge in [-0.05, 0) is 38.8 Å².